The lowest BCUT2D eigenvalue weighted by Crippen LogP contribution is -2.29. The highest BCUT2D eigenvalue weighted by atomic mass is 32.1. The van der Waals surface area contributed by atoms with Crippen LogP contribution in [0.5, 0.6) is 0 Å². The van der Waals surface area contributed by atoms with E-state index in [2.05, 4.69) is 31.1 Å². The average molecular weight is 298 g/mol. The van der Waals surface area contributed by atoms with Gasteiger partial charge in [-0.3, -0.25) is 4.79 Å². The maximum absolute atomic E-state index is 11.9. The number of carbonyl (C=O) groups excluding carboxylic acids is 1. The summed E-state index contributed by atoms with van der Waals surface area (Å²) in [6.07, 6.45) is 1.58. The molecule has 1 aliphatic rings. The Bertz CT molecular complexity index is 448. The van der Waals surface area contributed by atoms with Crippen LogP contribution in [0.4, 0.5) is 5.13 Å². The minimum Gasteiger partial charge on any atom is -0.352 e. The van der Waals surface area contributed by atoms with Gasteiger partial charge in [0.2, 0.25) is 5.91 Å². The first-order valence-electron chi connectivity index (χ1n) is 6.90. The van der Waals surface area contributed by atoms with E-state index < -0.39 is 6.29 Å². The number of hydrogen-bond acceptors (Lipinski definition) is 5. The molecule has 0 radical (unpaired) electrons. The number of rotatable bonds is 4. The summed E-state index contributed by atoms with van der Waals surface area (Å²) in [6.45, 7) is 7.82. The molecule has 0 atom stereocenters. The van der Waals surface area contributed by atoms with Crippen LogP contribution >= 0.6 is 11.3 Å². The quantitative estimate of drug-likeness (QED) is 0.928. The Kier molecular flexibility index (Phi) is 5.12. The van der Waals surface area contributed by atoms with Crippen molar-refractivity contribution in [2.24, 2.45) is 5.41 Å². The first-order valence-corrected chi connectivity index (χ1v) is 7.78. The van der Waals surface area contributed by atoms with Gasteiger partial charge in [0.05, 0.1) is 25.3 Å². The van der Waals surface area contributed by atoms with Crippen molar-refractivity contribution in [2.75, 3.05) is 18.5 Å². The lowest BCUT2D eigenvalue weighted by atomic mass is 9.91. The molecule has 0 unspecified atom stereocenters. The number of anilines is 1. The molecule has 1 aromatic rings. The smallest absolute Gasteiger partial charge is 0.231 e. The number of thiazole rings is 1. The van der Waals surface area contributed by atoms with Gasteiger partial charge in [0, 0.05) is 5.38 Å². The SMILES string of the molecule is CC(C)(C)Cc1csc(NC(=O)CC2OCCCO2)n1. The Balaban J connectivity index is 1.82. The van der Waals surface area contributed by atoms with Gasteiger partial charge >= 0.3 is 0 Å². The summed E-state index contributed by atoms with van der Waals surface area (Å²) in [7, 11) is 0. The van der Waals surface area contributed by atoms with Gasteiger partial charge in [-0.1, -0.05) is 20.8 Å². The molecule has 20 heavy (non-hydrogen) atoms. The van der Waals surface area contributed by atoms with Gasteiger partial charge in [-0.15, -0.1) is 11.3 Å². The molecule has 0 aromatic carbocycles. The lowest BCUT2D eigenvalue weighted by molar-refractivity contribution is -0.182. The fourth-order valence-corrected chi connectivity index (χ4v) is 2.69. The molecule has 1 amide bonds. The highest BCUT2D eigenvalue weighted by molar-refractivity contribution is 7.13. The standard InChI is InChI=1S/C14H22N2O3S/c1-14(2,3)8-10-9-20-13(15-10)16-11(17)7-12-18-5-4-6-19-12/h9,12H,4-8H2,1-3H3,(H,15,16,17). The number of aromatic nitrogens is 1. The molecule has 1 N–H and O–H groups in total. The third kappa shape index (κ3) is 5.19. The Morgan fingerprint density at radius 2 is 2.15 bits per heavy atom. The number of carbonyl (C=O) groups is 1. The van der Waals surface area contributed by atoms with Crippen molar-refractivity contribution in [3.05, 3.63) is 11.1 Å². The molecule has 0 saturated carbocycles. The maximum atomic E-state index is 11.9. The van der Waals surface area contributed by atoms with E-state index in [-0.39, 0.29) is 17.7 Å². The minimum absolute atomic E-state index is 0.117. The Labute approximate surface area is 123 Å². The molecular weight excluding hydrogens is 276 g/mol. The van der Waals surface area contributed by atoms with Crippen molar-refractivity contribution in [1.82, 2.24) is 4.98 Å². The monoisotopic (exact) mass is 298 g/mol. The number of ether oxygens (including phenoxy) is 2. The third-order valence-electron chi connectivity index (χ3n) is 2.76. The molecule has 1 fully saturated rings. The van der Waals surface area contributed by atoms with Crippen LogP contribution in [0.15, 0.2) is 5.38 Å². The van der Waals surface area contributed by atoms with Gasteiger partial charge in [-0.2, -0.15) is 0 Å². The van der Waals surface area contributed by atoms with Crippen molar-refractivity contribution < 1.29 is 14.3 Å². The van der Waals surface area contributed by atoms with E-state index in [9.17, 15) is 4.79 Å². The summed E-state index contributed by atoms with van der Waals surface area (Å²) >= 11 is 1.46. The average Bonchev–Trinajstić information content (AvgIpc) is 2.75. The molecule has 2 rings (SSSR count). The van der Waals surface area contributed by atoms with Gasteiger partial charge in [0.25, 0.3) is 0 Å². The van der Waals surface area contributed by atoms with Crippen LogP contribution in [0.1, 0.15) is 39.3 Å². The third-order valence-corrected chi connectivity index (χ3v) is 3.56. The zero-order valence-electron chi connectivity index (χ0n) is 12.3. The van der Waals surface area contributed by atoms with Crippen LogP contribution in [-0.2, 0) is 20.7 Å². The van der Waals surface area contributed by atoms with E-state index in [1.807, 2.05) is 5.38 Å². The second kappa shape index (κ2) is 6.65. The maximum Gasteiger partial charge on any atom is 0.231 e. The summed E-state index contributed by atoms with van der Waals surface area (Å²) in [5.74, 6) is -0.117. The fourth-order valence-electron chi connectivity index (χ4n) is 1.97. The number of amides is 1. The Morgan fingerprint density at radius 1 is 1.45 bits per heavy atom. The number of nitrogens with one attached hydrogen (secondary N) is 1. The molecule has 0 bridgehead atoms. The Morgan fingerprint density at radius 3 is 2.80 bits per heavy atom. The predicted octanol–water partition coefficient (Wildman–Crippen LogP) is 2.82. The first-order chi connectivity index (χ1) is 9.42. The molecular formula is C14H22N2O3S. The fraction of sp³-hybridized carbons (Fsp3) is 0.714. The van der Waals surface area contributed by atoms with Crippen molar-refractivity contribution >= 4 is 22.4 Å². The molecule has 0 spiro atoms. The van der Waals surface area contributed by atoms with Crippen LogP contribution < -0.4 is 5.32 Å². The molecule has 112 valence electrons. The van der Waals surface area contributed by atoms with Crippen LogP contribution in [0, 0.1) is 5.41 Å². The Hall–Kier alpha value is -0.980. The summed E-state index contributed by atoms with van der Waals surface area (Å²) in [4.78, 5) is 16.3. The van der Waals surface area contributed by atoms with Crippen LogP contribution in [-0.4, -0.2) is 30.4 Å². The van der Waals surface area contributed by atoms with Crippen LogP contribution in [0.3, 0.4) is 0 Å². The van der Waals surface area contributed by atoms with Crippen molar-refractivity contribution in [2.45, 2.75) is 46.3 Å². The van der Waals surface area contributed by atoms with E-state index in [1.54, 1.807) is 0 Å². The number of hydrogen-bond donors (Lipinski definition) is 1. The molecule has 5 nitrogen and oxygen atoms in total. The van der Waals surface area contributed by atoms with Crippen molar-refractivity contribution in [3.8, 4) is 0 Å². The van der Waals surface area contributed by atoms with Gasteiger partial charge < -0.3 is 14.8 Å². The summed E-state index contributed by atoms with van der Waals surface area (Å²) < 4.78 is 10.7. The lowest BCUT2D eigenvalue weighted by Gasteiger charge is -2.22. The predicted molar refractivity (Wildman–Crippen MR) is 78.8 cm³/mol. The number of nitrogens with zero attached hydrogens (tertiary/aromatic N) is 1. The second-order valence-corrected chi connectivity index (χ2v) is 7.02. The zero-order chi connectivity index (χ0) is 14.6. The molecule has 1 aliphatic heterocycles. The van der Waals surface area contributed by atoms with E-state index in [0.29, 0.717) is 18.3 Å². The molecule has 6 heteroatoms. The summed E-state index contributed by atoms with van der Waals surface area (Å²) in [5, 5.41) is 5.44. The second-order valence-electron chi connectivity index (χ2n) is 6.16. The van der Waals surface area contributed by atoms with E-state index in [4.69, 9.17) is 9.47 Å². The van der Waals surface area contributed by atoms with Crippen molar-refractivity contribution in [1.29, 1.82) is 0 Å². The van der Waals surface area contributed by atoms with E-state index in [1.165, 1.54) is 11.3 Å². The molecule has 1 aromatic heterocycles. The minimum atomic E-state index is -0.419. The van der Waals surface area contributed by atoms with Crippen LogP contribution in [0.2, 0.25) is 0 Å². The van der Waals surface area contributed by atoms with Gasteiger partial charge in [0.15, 0.2) is 11.4 Å². The summed E-state index contributed by atoms with van der Waals surface area (Å²) in [6, 6.07) is 0. The van der Waals surface area contributed by atoms with Gasteiger partial charge in [-0.25, -0.2) is 4.98 Å². The first kappa shape index (κ1) is 15.4. The highest BCUT2D eigenvalue weighted by Gasteiger charge is 2.19. The molecule has 0 aliphatic carbocycles. The zero-order valence-corrected chi connectivity index (χ0v) is 13.1. The van der Waals surface area contributed by atoms with E-state index >= 15 is 0 Å². The van der Waals surface area contributed by atoms with Crippen molar-refractivity contribution in [3.63, 3.8) is 0 Å². The van der Waals surface area contributed by atoms with E-state index in [0.717, 1.165) is 18.5 Å². The highest BCUT2D eigenvalue weighted by Crippen LogP contribution is 2.24. The van der Waals surface area contributed by atoms with Crippen LogP contribution in [0.25, 0.3) is 0 Å². The van der Waals surface area contributed by atoms with Gasteiger partial charge in [0.1, 0.15) is 0 Å². The topological polar surface area (TPSA) is 60.5 Å². The molecule has 2 heterocycles. The summed E-state index contributed by atoms with van der Waals surface area (Å²) in [5.41, 5.74) is 1.21. The van der Waals surface area contributed by atoms with Gasteiger partial charge in [-0.05, 0) is 18.3 Å². The normalized spacial score (nSPS) is 17.1. The molecule has 1 saturated heterocycles. The largest absolute Gasteiger partial charge is 0.352 e.